The molecule has 1 aromatic carbocycles. The lowest BCUT2D eigenvalue weighted by Gasteiger charge is -2.27. The third-order valence-corrected chi connectivity index (χ3v) is 4.23. The smallest absolute Gasteiger partial charge is 0.220 e. The van der Waals surface area contributed by atoms with Crippen molar-refractivity contribution in [1.82, 2.24) is 5.32 Å². The number of carbonyl (C=O) groups is 1. The van der Waals surface area contributed by atoms with Crippen LogP contribution in [0.2, 0.25) is 0 Å². The molecule has 0 spiro atoms. The van der Waals surface area contributed by atoms with Gasteiger partial charge in [0, 0.05) is 19.1 Å². The van der Waals surface area contributed by atoms with E-state index in [9.17, 15) is 4.79 Å². The molecule has 1 saturated carbocycles. The van der Waals surface area contributed by atoms with E-state index in [-0.39, 0.29) is 12.5 Å². The molecule has 3 heteroatoms. The lowest BCUT2D eigenvalue weighted by Crippen LogP contribution is -2.38. The molecule has 1 amide bonds. The molecule has 110 valence electrons. The fraction of sp³-hybridized carbons (Fsp3) is 0.588. The molecule has 20 heavy (non-hydrogen) atoms. The van der Waals surface area contributed by atoms with Crippen molar-refractivity contribution in [2.45, 2.75) is 51.5 Å². The number of aryl methyl sites for hydroxylation is 2. The molecule has 0 unspecified atom stereocenters. The molecule has 0 aromatic heterocycles. The Morgan fingerprint density at radius 1 is 1.20 bits per heavy atom. The highest BCUT2D eigenvalue weighted by atomic mass is 16.3. The Kier molecular flexibility index (Phi) is 5.60. The zero-order valence-electron chi connectivity index (χ0n) is 12.3. The van der Waals surface area contributed by atoms with Crippen molar-refractivity contribution in [3.05, 3.63) is 35.4 Å². The van der Waals surface area contributed by atoms with Crippen LogP contribution in [-0.2, 0) is 11.2 Å². The topological polar surface area (TPSA) is 49.3 Å². The summed E-state index contributed by atoms with van der Waals surface area (Å²) >= 11 is 0. The van der Waals surface area contributed by atoms with Crippen LogP contribution in [0, 0.1) is 12.8 Å². The second-order valence-corrected chi connectivity index (χ2v) is 5.95. The number of nitrogens with one attached hydrogen (secondary N) is 1. The molecule has 0 atom stereocenters. The number of hydrogen-bond acceptors (Lipinski definition) is 2. The van der Waals surface area contributed by atoms with E-state index < -0.39 is 0 Å². The number of amides is 1. The van der Waals surface area contributed by atoms with Crippen molar-refractivity contribution < 1.29 is 9.90 Å². The largest absolute Gasteiger partial charge is 0.396 e. The maximum atomic E-state index is 11.9. The zero-order chi connectivity index (χ0) is 14.4. The minimum absolute atomic E-state index is 0.151. The Hall–Kier alpha value is -1.35. The third kappa shape index (κ3) is 4.64. The molecule has 0 radical (unpaired) electrons. The summed E-state index contributed by atoms with van der Waals surface area (Å²) in [6.07, 6.45) is 5.42. The minimum Gasteiger partial charge on any atom is -0.396 e. The van der Waals surface area contributed by atoms with E-state index in [0.717, 1.165) is 32.1 Å². The molecule has 1 aliphatic rings. The van der Waals surface area contributed by atoms with Crippen LogP contribution in [0.1, 0.15) is 43.2 Å². The quantitative estimate of drug-likeness (QED) is 0.868. The van der Waals surface area contributed by atoms with E-state index in [2.05, 4.69) is 36.5 Å². The first-order valence-corrected chi connectivity index (χ1v) is 7.63. The van der Waals surface area contributed by atoms with Crippen LogP contribution in [0.15, 0.2) is 24.3 Å². The average Bonchev–Trinajstić information content (AvgIpc) is 2.47. The molecule has 1 fully saturated rings. The maximum Gasteiger partial charge on any atom is 0.220 e. The highest BCUT2D eigenvalue weighted by molar-refractivity contribution is 5.76. The van der Waals surface area contributed by atoms with Gasteiger partial charge >= 0.3 is 0 Å². The van der Waals surface area contributed by atoms with Crippen LogP contribution in [0.3, 0.4) is 0 Å². The second-order valence-electron chi connectivity index (χ2n) is 5.95. The van der Waals surface area contributed by atoms with Gasteiger partial charge in [0.25, 0.3) is 0 Å². The van der Waals surface area contributed by atoms with Gasteiger partial charge in [-0.15, -0.1) is 0 Å². The fourth-order valence-corrected chi connectivity index (χ4v) is 2.80. The van der Waals surface area contributed by atoms with E-state index in [1.54, 1.807) is 0 Å². The minimum atomic E-state index is 0.151. The van der Waals surface area contributed by atoms with Gasteiger partial charge in [0.15, 0.2) is 0 Å². The monoisotopic (exact) mass is 275 g/mol. The van der Waals surface area contributed by atoms with Crippen LogP contribution < -0.4 is 5.32 Å². The van der Waals surface area contributed by atoms with Crippen molar-refractivity contribution in [1.29, 1.82) is 0 Å². The Morgan fingerprint density at radius 3 is 2.45 bits per heavy atom. The van der Waals surface area contributed by atoms with E-state index >= 15 is 0 Å². The molecule has 2 rings (SSSR count). The van der Waals surface area contributed by atoms with Crippen molar-refractivity contribution in [2.24, 2.45) is 5.92 Å². The molecule has 0 aliphatic heterocycles. The molecule has 1 aliphatic carbocycles. The predicted octanol–water partition coefficient (Wildman–Crippen LogP) is 2.59. The van der Waals surface area contributed by atoms with Crippen molar-refractivity contribution in [3.8, 4) is 0 Å². The standard InChI is InChI=1S/C17H25NO2/c1-13-2-4-14(5-3-13)8-11-17(20)18-16-9-6-15(12-19)7-10-16/h2-5,15-16,19H,6-12H2,1H3,(H,18,20). The first kappa shape index (κ1) is 15.0. The summed E-state index contributed by atoms with van der Waals surface area (Å²) in [6.45, 7) is 2.35. The lowest BCUT2D eigenvalue weighted by molar-refractivity contribution is -0.122. The molecule has 3 nitrogen and oxygen atoms in total. The number of carbonyl (C=O) groups excluding carboxylic acids is 1. The Labute approximate surface area is 121 Å². The van der Waals surface area contributed by atoms with Crippen molar-refractivity contribution in [3.63, 3.8) is 0 Å². The molecular weight excluding hydrogens is 250 g/mol. The van der Waals surface area contributed by atoms with Crippen LogP contribution in [0.4, 0.5) is 0 Å². The van der Waals surface area contributed by atoms with Gasteiger partial charge in [-0.2, -0.15) is 0 Å². The Bertz CT molecular complexity index is 419. The van der Waals surface area contributed by atoms with Gasteiger partial charge in [-0.3, -0.25) is 4.79 Å². The van der Waals surface area contributed by atoms with Crippen molar-refractivity contribution >= 4 is 5.91 Å². The fourth-order valence-electron chi connectivity index (χ4n) is 2.80. The van der Waals surface area contributed by atoms with Gasteiger partial charge in [-0.05, 0) is 50.5 Å². The second kappa shape index (κ2) is 7.44. The summed E-state index contributed by atoms with van der Waals surface area (Å²) in [5.74, 6) is 0.591. The summed E-state index contributed by atoms with van der Waals surface area (Å²) in [4.78, 5) is 11.9. The van der Waals surface area contributed by atoms with Crippen LogP contribution in [-0.4, -0.2) is 23.7 Å². The first-order valence-electron chi connectivity index (χ1n) is 7.63. The van der Waals surface area contributed by atoms with Crippen LogP contribution in [0.25, 0.3) is 0 Å². The summed E-state index contributed by atoms with van der Waals surface area (Å²) < 4.78 is 0. The average molecular weight is 275 g/mol. The Morgan fingerprint density at radius 2 is 1.85 bits per heavy atom. The molecule has 0 bridgehead atoms. The number of rotatable bonds is 5. The normalized spacial score (nSPS) is 22.5. The summed E-state index contributed by atoms with van der Waals surface area (Å²) in [5.41, 5.74) is 2.47. The van der Waals surface area contributed by atoms with Gasteiger partial charge in [0.1, 0.15) is 0 Å². The molecule has 0 saturated heterocycles. The maximum absolute atomic E-state index is 11.9. The van der Waals surface area contributed by atoms with Crippen LogP contribution >= 0.6 is 0 Å². The van der Waals surface area contributed by atoms with Gasteiger partial charge in [-0.1, -0.05) is 29.8 Å². The Balaban J connectivity index is 1.69. The van der Waals surface area contributed by atoms with Gasteiger partial charge in [0.2, 0.25) is 5.91 Å². The molecule has 2 N–H and O–H groups in total. The highest BCUT2D eigenvalue weighted by Gasteiger charge is 2.21. The summed E-state index contributed by atoms with van der Waals surface area (Å²) in [7, 11) is 0. The highest BCUT2D eigenvalue weighted by Crippen LogP contribution is 2.23. The molecule has 1 aromatic rings. The lowest BCUT2D eigenvalue weighted by atomic mass is 9.86. The first-order chi connectivity index (χ1) is 9.67. The molecular formula is C17H25NO2. The van der Waals surface area contributed by atoms with E-state index in [0.29, 0.717) is 18.4 Å². The molecule has 0 heterocycles. The van der Waals surface area contributed by atoms with Crippen LogP contribution in [0.5, 0.6) is 0 Å². The summed E-state index contributed by atoms with van der Waals surface area (Å²) in [5, 5.41) is 12.2. The zero-order valence-corrected chi connectivity index (χ0v) is 12.3. The number of aliphatic hydroxyl groups excluding tert-OH is 1. The van der Waals surface area contributed by atoms with E-state index in [4.69, 9.17) is 5.11 Å². The van der Waals surface area contributed by atoms with Crippen molar-refractivity contribution in [2.75, 3.05) is 6.61 Å². The third-order valence-electron chi connectivity index (χ3n) is 4.23. The number of aliphatic hydroxyl groups is 1. The van der Waals surface area contributed by atoms with Gasteiger partial charge in [0.05, 0.1) is 0 Å². The number of hydrogen-bond donors (Lipinski definition) is 2. The van der Waals surface area contributed by atoms with Gasteiger partial charge in [-0.25, -0.2) is 0 Å². The predicted molar refractivity (Wildman–Crippen MR) is 80.5 cm³/mol. The van der Waals surface area contributed by atoms with E-state index in [1.807, 2.05) is 0 Å². The van der Waals surface area contributed by atoms with E-state index in [1.165, 1.54) is 11.1 Å². The summed E-state index contributed by atoms with van der Waals surface area (Å²) in [6, 6.07) is 8.67. The number of benzene rings is 1. The SMILES string of the molecule is Cc1ccc(CCC(=O)NC2CCC(CO)CC2)cc1. The van der Waals surface area contributed by atoms with Gasteiger partial charge < -0.3 is 10.4 Å².